The molecule has 0 bridgehead atoms. The number of carbonyl (C=O) groups is 1. The van der Waals surface area contributed by atoms with Crippen molar-refractivity contribution >= 4 is 5.91 Å². The van der Waals surface area contributed by atoms with Crippen molar-refractivity contribution in [3.05, 3.63) is 46.4 Å². The van der Waals surface area contributed by atoms with Gasteiger partial charge < -0.3 is 14.6 Å². The van der Waals surface area contributed by atoms with Gasteiger partial charge in [-0.1, -0.05) is 0 Å². The number of aromatic amines is 1. The van der Waals surface area contributed by atoms with Gasteiger partial charge in [-0.3, -0.25) is 14.3 Å². The number of hydrogen-bond donors (Lipinski definition) is 1. The highest BCUT2D eigenvalue weighted by atomic mass is 16.5. The number of carbonyl (C=O) groups excluding carboxylic acids is 1. The first-order chi connectivity index (χ1) is 12.2. The van der Waals surface area contributed by atoms with E-state index >= 15 is 0 Å². The van der Waals surface area contributed by atoms with Crippen LogP contribution >= 0.6 is 0 Å². The molecule has 1 atom stereocenters. The largest absolute Gasteiger partial charge is 0.379 e. The SMILES string of the molecule is O=C(c1cc(=O)[nH]cn1)N1Cc2ccnn2CC[C@@H]1COCC1CC1. The number of amides is 1. The van der Waals surface area contributed by atoms with Crippen LogP contribution in [0.5, 0.6) is 0 Å². The fourth-order valence-electron chi connectivity index (χ4n) is 3.13. The van der Waals surface area contributed by atoms with E-state index in [1.807, 2.05) is 10.7 Å². The number of nitrogens with one attached hydrogen (secondary N) is 1. The maximum atomic E-state index is 13.0. The topological polar surface area (TPSA) is 93.1 Å². The Kier molecular flexibility index (Phi) is 4.35. The highest BCUT2D eigenvalue weighted by Crippen LogP contribution is 2.29. The van der Waals surface area contributed by atoms with Gasteiger partial charge in [-0.15, -0.1) is 0 Å². The molecule has 1 saturated carbocycles. The van der Waals surface area contributed by atoms with E-state index in [0.717, 1.165) is 25.3 Å². The summed E-state index contributed by atoms with van der Waals surface area (Å²) in [6.45, 7) is 2.43. The van der Waals surface area contributed by atoms with Gasteiger partial charge >= 0.3 is 0 Å². The number of fused-ring (bicyclic) bond motifs is 1. The molecule has 2 aromatic rings. The molecule has 0 unspecified atom stereocenters. The first-order valence-corrected chi connectivity index (χ1v) is 8.65. The van der Waals surface area contributed by atoms with Crippen molar-refractivity contribution in [3.8, 4) is 0 Å². The highest BCUT2D eigenvalue weighted by Gasteiger charge is 2.30. The molecule has 4 rings (SSSR count). The molecule has 1 aliphatic heterocycles. The molecule has 1 aliphatic carbocycles. The smallest absolute Gasteiger partial charge is 0.273 e. The summed E-state index contributed by atoms with van der Waals surface area (Å²) in [5, 5.41) is 4.32. The molecule has 132 valence electrons. The molecule has 8 heteroatoms. The van der Waals surface area contributed by atoms with Crippen molar-refractivity contribution in [1.29, 1.82) is 0 Å². The normalized spacial score (nSPS) is 20.2. The highest BCUT2D eigenvalue weighted by molar-refractivity contribution is 5.92. The zero-order chi connectivity index (χ0) is 17.2. The number of aromatic nitrogens is 4. The third-order valence-corrected chi connectivity index (χ3v) is 4.77. The van der Waals surface area contributed by atoms with Crippen LogP contribution in [0.25, 0.3) is 0 Å². The first-order valence-electron chi connectivity index (χ1n) is 8.65. The number of ether oxygens (including phenoxy) is 1. The Morgan fingerprint density at radius 2 is 2.20 bits per heavy atom. The Morgan fingerprint density at radius 3 is 3.00 bits per heavy atom. The first kappa shape index (κ1) is 16.0. The zero-order valence-electron chi connectivity index (χ0n) is 13.9. The third-order valence-electron chi connectivity index (χ3n) is 4.77. The second-order valence-electron chi connectivity index (χ2n) is 6.70. The van der Waals surface area contributed by atoms with E-state index < -0.39 is 0 Å². The van der Waals surface area contributed by atoms with Crippen LogP contribution in [0.2, 0.25) is 0 Å². The molecule has 1 amide bonds. The standard InChI is InChI=1S/C17H21N5O3/c23-16-7-15(18-11-19-16)17(24)21-8-13-3-5-20-22(13)6-4-14(21)10-25-9-12-1-2-12/h3,5,7,11-12,14H,1-2,4,6,8-10H2,(H,18,19,23)/t14-/m1/s1. The summed E-state index contributed by atoms with van der Waals surface area (Å²) in [7, 11) is 0. The Balaban J connectivity index is 1.55. The van der Waals surface area contributed by atoms with E-state index in [-0.39, 0.29) is 23.2 Å². The van der Waals surface area contributed by atoms with Gasteiger partial charge in [-0.05, 0) is 31.2 Å². The van der Waals surface area contributed by atoms with Crippen LogP contribution in [0.3, 0.4) is 0 Å². The average molecular weight is 343 g/mol. The van der Waals surface area contributed by atoms with Crippen LogP contribution in [0.15, 0.2) is 29.5 Å². The zero-order valence-corrected chi connectivity index (χ0v) is 13.9. The van der Waals surface area contributed by atoms with Crippen LogP contribution in [-0.4, -0.2) is 49.8 Å². The van der Waals surface area contributed by atoms with Crippen LogP contribution < -0.4 is 5.56 Å². The summed E-state index contributed by atoms with van der Waals surface area (Å²) in [6, 6.07) is 3.10. The number of rotatable bonds is 5. The number of H-pyrrole nitrogens is 1. The van der Waals surface area contributed by atoms with E-state index in [2.05, 4.69) is 15.1 Å². The fourth-order valence-corrected chi connectivity index (χ4v) is 3.13. The van der Waals surface area contributed by atoms with Gasteiger partial charge in [0.15, 0.2) is 0 Å². The lowest BCUT2D eigenvalue weighted by Gasteiger charge is -2.29. The Hall–Kier alpha value is -2.48. The predicted octanol–water partition coefficient (Wildman–Crippen LogP) is 0.808. The summed E-state index contributed by atoms with van der Waals surface area (Å²) in [5.41, 5.74) is 0.798. The van der Waals surface area contributed by atoms with Gasteiger partial charge in [0.25, 0.3) is 11.5 Å². The van der Waals surface area contributed by atoms with Gasteiger partial charge in [0.2, 0.25) is 0 Å². The van der Waals surface area contributed by atoms with Gasteiger partial charge in [-0.25, -0.2) is 4.98 Å². The van der Waals surface area contributed by atoms with E-state index in [0.29, 0.717) is 19.1 Å². The minimum atomic E-state index is -0.334. The molecule has 25 heavy (non-hydrogen) atoms. The van der Waals surface area contributed by atoms with Crippen LogP contribution in [0.1, 0.15) is 35.4 Å². The molecule has 2 aliphatic rings. The van der Waals surface area contributed by atoms with Crippen LogP contribution in [0, 0.1) is 5.92 Å². The number of nitrogens with zero attached hydrogens (tertiary/aromatic N) is 4. The molecule has 0 radical (unpaired) electrons. The molecule has 3 heterocycles. The van der Waals surface area contributed by atoms with Crippen molar-refractivity contribution in [2.75, 3.05) is 13.2 Å². The number of aryl methyl sites for hydroxylation is 1. The molecule has 1 N–H and O–H groups in total. The molecule has 2 aromatic heterocycles. The summed E-state index contributed by atoms with van der Waals surface area (Å²) >= 11 is 0. The lowest BCUT2D eigenvalue weighted by molar-refractivity contribution is 0.0366. The molecular weight excluding hydrogens is 322 g/mol. The van der Waals surface area contributed by atoms with E-state index in [1.165, 1.54) is 25.2 Å². The van der Waals surface area contributed by atoms with Crippen molar-refractivity contribution in [3.63, 3.8) is 0 Å². The van der Waals surface area contributed by atoms with Crippen LogP contribution in [-0.2, 0) is 17.8 Å². The van der Waals surface area contributed by atoms with Crippen LogP contribution in [0.4, 0.5) is 0 Å². The lowest BCUT2D eigenvalue weighted by atomic mass is 10.1. The van der Waals surface area contributed by atoms with Gasteiger partial charge in [0.1, 0.15) is 5.69 Å². The van der Waals surface area contributed by atoms with Gasteiger partial charge in [0.05, 0.1) is 31.2 Å². The quantitative estimate of drug-likeness (QED) is 0.867. The minimum Gasteiger partial charge on any atom is -0.379 e. The molecule has 1 fully saturated rings. The second kappa shape index (κ2) is 6.79. The molecular formula is C17H21N5O3. The second-order valence-corrected chi connectivity index (χ2v) is 6.70. The Morgan fingerprint density at radius 1 is 1.32 bits per heavy atom. The van der Waals surface area contributed by atoms with Gasteiger partial charge in [-0.2, -0.15) is 5.10 Å². The van der Waals surface area contributed by atoms with Gasteiger partial charge in [0, 0.05) is 25.4 Å². The summed E-state index contributed by atoms with van der Waals surface area (Å²) in [6.07, 6.45) is 6.23. The maximum absolute atomic E-state index is 13.0. The minimum absolute atomic E-state index is 0.0611. The molecule has 0 saturated heterocycles. The van der Waals surface area contributed by atoms with Crippen molar-refractivity contribution in [1.82, 2.24) is 24.6 Å². The lowest BCUT2D eigenvalue weighted by Crippen LogP contribution is -2.42. The summed E-state index contributed by atoms with van der Waals surface area (Å²) < 4.78 is 7.78. The monoisotopic (exact) mass is 343 g/mol. The predicted molar refractivity (Wildman–Crippen MR) is 88.9 cm³/mol. The Bertz CT molecular complexity index is 810. The van der Waals surface area contributed by atoms with E-state index in [9.17, 15) is 9.59 Å². The van der Waals surface area contributed by atoms with Crippen molar-refractivity contribution in [2.24, 2.45) is 5.92 Å². The summed E-state index contributed by atoms with van der Waals surface area (Å²) in [5.74, 6) is 0.431. The molecule has 0 aromatic carbocycles. The molecule has 8 nitrogen and oxygen atoms in total. The van der Waals surface area contributed by atoms with E-state index in [1.54, 1.807) is 11.1 Å². The number of hydrogen-bond acceptors (Lipinski definition) is 5. The van der Waals surface area contributed by atoms with E-state index in [4.69, 9.17) is 4.74 Å². The Labute approximate surface area is 144 Å². The third kappa shape index (κ3) is 3.63. The maximum Gasteiger partial charge on any atom is 0.273 e. The van der Waals surface area contributed by atoms with Crippen molar-refractivity contribution in [2.45, 2.75) is 38.4 Å². The fraction of sp³-hybridized carbons (Fsp3) is 0.529. The van der Waals surface area contributed by atoms with Crippen molar-refractivity contribution < 1.29 is 9.53 Å². The summed E-state index contributed by atoms with van der Waals surface area (Å²) in [4.78, 5) is 32.7. The average Bonchev–Trinajstić information content (AvgIpc) is 3.36. The molecule has 0 spiro atoms.